The van der Waals surface area contributed by atoms with Crippen molar-refractivity contribution in [2.75, 3.05) is 13.2 Å². The molecule has 28 heavy (non-hydrogen) atoms. The second-order valence-electron chi connectivity index (χ2n) is 5.93. The van der Waals surface area contributed by atoms with Gasteiger partial charge in [-0.25, -0.2) is 4.79 Å². The van der Waals surface area contributed by atoms with Crippen molar-refractivity contribution in [2.24, 2.45) is 0 Å². The van der Waals surface area contributed by atoms with Crippen molar-refractivity contribution in [2.45, 2.75) is 25.0 Å². The number of alkyl halides is 3. The minimum atomic E-state index is -4.45. The lowest BCUT2D eigenvalue weighted by molar-refractivity contribution is -0.153. The van der Waals surface area contributed by atoms with Gasteiger partial charge in [0.05, 0.1) is 0 Å². The third-order valence-corrected chi connectivity index (χ3v) is 3.66. The minimum Gasteiger partial charge on any atom is -0.484 e. The lowest BCUT2D eigenvalue weighted by Gasteiger charge is -2.19. The number of aliphatic hydroxyl groups excluding tert-OH is 2. The van der Waals surface area contributed by atoms with Gasteiger partial charge in [-0.15, -0.1) is 0 Å². The van der Waals surface area contributed by atoms with E-state index in [0.29, 0.717) is 0 Å². The average Bonchev–Trinajstić information content (AvgIpc) is 2.69. The normalized spacial score (nSPS) is 13.5. The molecule has 1 amide bonds. The molecule has 3 N–H and O–H groups in total. The molecule has 152 valence electrons. The summed E-state index contributed by atoms with van der Waals surface area (Å²) in [5.41, 5.74) is 1.05. The summed E-state index contributed by atoms with van der Waals surface area (Å²) in [7, 11) is 0. The van der Waals surface area contributed by atoms with Gasteiger partial charge < -0.3 is 25.0 Å². The zero-order valence-electron chi connectivity index (χ0n) is 14.7. The summed E-state index contributed by atoms with van der Waals surface area (Å²) in [6.07, 6.45) is -7.90. The largest absolute Gasteiger partial charge is 0.484 e. The molecule has 0 heterocycles. The quantitative estimate of drug-likeness (QED) is 0.635. The highest BCUT2D eigenvalue weighted by Gasteiger charge is 2.28. The molecule has 0 fully saturated rings. The third-order valence-electron chi connectivity index (χ3n) is 3.66. The fraction of sp³-hybridized carbons (Fsp3) is 0.316. The number of amides is 1. The lowest BCUT2D eigenvalue weighted by atomic mass is 10.0. The Hall–Kier alpha value is -2.78. The van der Waals surface area contributed by atoms with Crippen LogP contribution < -0.4 is 10.1 Å². The molecule has 0 aromatic heterocycles. The predicted molar refractivity (Wildman–Crippen MR) is 93.6 cm³/mol. The van der Waals surface area contributed by atoms with E-state index in [1.54, 1.807) is 24.3 Å². The summed E-state index contributed by atoms with van der Waals surface area (Å²) in [6.45, 7) is -1.64. The summed E-state index contributed by atoms with van der Waals surface area (Å²) in [5, 5.41) is 22.4. The van der Waals surface area contributed by atoms with Gasteiger partial charge >= 0.3 is 12.3 Å². The van der Waals surface area contributed by atoms with E-state index in [1.165, 1.54) is 24.3 Å². The highest BCUT2D eigenvalue weighted by Crippen LogP contribution is 2.22. The first kappa shape index (κ1) is 21.5. The van der Waals surface area contributed by atoms with Gasteiger partial charge in [-0.2, -0.15) is 13.2 Å². The van der Waals surface area contributed by atoms with Crippen molar-refractivity contribution >= 4 is 6.09 Å². The van der Waals surface area contributed by atoms with Gasteiger partial charge in [0.1, 0.15) is 24.6 Å². The number of halogens is 3. The van der Waals surface area contributed by atoms with Crippen molar-refractivity contribution in [3.63, 3.8) is 0 Å². The van der Waals surface area contributed by atoms with Crippen LogP contribution in [0.5, 0.6) is 5.75 Å². The predicted octanol–water partition coefficient (Wildman–Crippen LogP) is 2.95. The maximum Gasteiger partial charge on any atom is 0.422 e. The number of hydrogen-bond donors (Lipinski definition) is 3. The van der Waals surface area contributed by atoms with E-state index in [4.69, 9.17) is 4.74 Å². The van der Waals surface area contributed by atoms with E-state index in [1.807, 2.05) is 6.07 Å². The van der Waals surface area contributed by atoms with Gasteiger partial charge in [0.2, 0.25) is 0 Å². The molecule has 0 spiro atoms. The molecule has 0 saturated carbocycles. The topological polar surface area (TPSA) is 88.0 Å². The molecule has 0 aliphatic rings. The molecule has 2 rings (SSSR count). The molecule has 2 unspecified atom stereocenters. The second kappa shape index (κ2) is 9.95. The van der Waals surface area contributed by atoms with Crippen molar-refractivity contribution in [3.8, 4) is 5.75 Å². The smallest absolute Gasteiger partial charge is 0.422 e. The fourth-order valence-corrected chi connectivity index (χ4v) is 2.22. The van der Waals surface area contributed by atoms with Crippen molar-refractivity contribution < 1.29 is 37.7 Å². The number of ether oxygens (including phenoxy) is 2. The molecule has 9 heteroatoms. The SMILES string of the molecule is O=C(NCC(O)C(O)c1ccc(OCC(F)(F)F)cc1)OCc1ccccc1. The van der Waals surface area contributed by atoms with E-state index in [2.05, 4.69) is 10.1 Å². The highest BCUT2D eigenvalue weighted by molar-refractivity contribution is 5.67. The van der Waals surface area contributed by atoms with Gasteiger partial charge in [0.25, 0.3) is 0 Å². The van der Waals surface area contributed by atoms with Crippen LogP contribution in [-0.2, 0) is 11.3 Å². The van der Waals surface area contributed by atoms with Crippen LogP contribution in [-0.4, -0.2) is 41.7 Å². The van der Waals surface area contributed by atoms with Crippen LogP contribution >= 0.6 is 0 Å². The Balaban J connectivity index is 1.76. The van der Waals surface area contributed by atoms with Crippen LogP contribution in [0.25, 0.3) is 0 Å². The lowest BCUT2D eigenvalue weighted by Crippen LogP contribution is -2.35. The Morgan fingerprint density at radius 1 is 1.04 bits per heavy atom. The van der Waals surface area contributed by atoms with Crippen LogP contribution in [0.4, 0.5) is 18.0 Å². The average molecular weight is 399 g/mol. The fourth-order valence-electron chi connectivity index (χ4n) is 2.22. The van der Waals surface area contributed by atoms with Gasteiger partial charge in [-0.3, -0.25) is 0 Å². The number of carbonyl (C=O) groups excluding carboxylic acids is 1. The van der Waals surface area contributed by atoms with Gasteiger partial charge in [-0.05, 0) is 23.3 Å². The minimum absolute atomic E-state index is 0.0228. The van der Waals surface area contributed by atoms with Gasteiger partial charge in [-0.1, -0.05) is 42.5 Å². The van der Waals surface area contributed by atoms with Crippen LogP contribution in [0.3, 0.4) is 0 Å². The first-order valence-electron chi connectivity index (χ1n) is 8.35. The van der Waals surface area contributed by atoms with E-state index in [9.17, 15) is 28.2 Å². The molecule has 0 aliphatic heterocycles. The van der Waals surface area contributed by atoms with E-state index in [0.717, 1.165) is 5.56 Å². The molecule has 0 bridgehead atoms. The summed E-state index contributed by atoms with van der Waals surface area (Å²) in [4.78, 5) is 11.6. The molecule has 0 saturated heterocycles. The standard InChI is InChI=1S/C19H20F3NO5/c20-19(21,22)12-28-15-8-6-14(7-9-15)17(25)16(24)10-23-18(26)27-11-13-4-2-1-3-5-13/h1-9,16-17,24-25H,10-12H2,(H,23,26). The maximum absolute atomic E-state index is 12.1. The summed E-state index contributed by atoms with van der Waals surface area (Å²) in [5.74, 6) is -0.0228. The molecule has 0 aliphatic carbocycles. The second-order valence-corrected chi connectivity index (χ2v) is 5.93. The van der Waals surface area contributed by atoms with Crippen LogP contribution in [0.15, 0.2) is 54.6 Å². The summed E-state index contributed by atoms with van der Waals surface area (Å²) in [6, 6.07) is 14.2. The Morgan fingerprint density at radius 3 is 2.29 bits per heavy atom. The van der Waals surface area contributed by atoms with E-state index in [-0.39, 0.29) is 24.5 Å². The monoisotopic (exact) mass is 399 g/mol. The Bertz CT molecular complexity index is 737. The van der Waals surface area contributed by atoms with E-state index >= 15 is 0 Å². The first-order chi connectivity index (χ1) is 13.2. The molecule has 2 aromatic rings. The van der Waals surface area contributed by atoms with Crippen LogP contribution in [0, 0.1) is 0 Å². The van der Waals surface area contributed by atoms with Crippen LogP contribution in [0.1, 0.15) is 17.2 Å². The number of nitrogens with one attached hydrogen (secondary N) is 1. The summed E-state index contributed by atoms with van der Waals surface area (Å²) < 4.78 is 45.9. The maximum atomic E-state index is 12.1. The Kier molecular flexibility index (Phi) is 7.65. The number of benzene rings is 2. The number of hydrogen-bond acceptors (Lipinski definition) is 5. The number of carbonyl (C=O) groups is 1. The molecule has 2 aromatic carbocycles. The van der Waals surface area contributed by atoms with E-state index < -0.39 is 31.1 Å². The first-order valence-corrected chi connectivity index (χ1v) is 8.35. The number of alkyl carbamates (subject to hydrolysis) is 1. The van der Waals surface area contributed by atoms with Crippen molar-refractivity contribution in [1.82, 2.24) is 5.32 Å². The van der Waals surface area contributed by atoms with Crippen molar-refractivity contribution in [1.29, 1.82) is 0 Å². The molecular formula is C19H20F3NO5. The molecule has 0 radical (unpaired) electrons. The number of rotatable bonds is 8. The Morgan fingerprint density at radius 2 is 1.68 bits per heavy atom. The van der Waals surface area contributed by atoms with Gasteiger partial charge in [0, 0.05) is 6.54 Å². The van der Waals surface area contributed by atoms with Crippen molar-refractivity contribution in [3.05, 3.63) is 65.7 Å². The Labute approximate surface area is 159 Å². The summed E-state index contributed by atoms with van der Waals surface area (Å²) >= 11 is 0. The third kappa shape index (κ3) is 7.45. The number of aliphatic hydroxyl groups is 2. The molecular weight excluding hydrogens is 379 g/mol. The molecule has 6 nitrogen and oxygen atoms in total. The van der Waals surface area contributed by atoms with Crippen LogP contribution in [0.2, 0.25) is 0 Å². The zero-order valence-corrected chi connectivity index (χ0v) is 14.7. The highest BCUT2D eigenvalue weighted by atomic mass is 19.4. The zero-order chi connectivity index (χ0) is 20.6. The molecule has 2 atom stereocenters. The van der Waals surface area contributed by atoms with Gasteiger partial charge in [0.15, 0.2) is 6.61 Å².